The third kappa shape index (κ3) is 3.87. The molecule has 0 saturated heterocycles. The first-order valence-corrected chi connectivity index (χ1v) is 12.2. The fourth-order valence-corrected chi connectivity index (χ4v) is 5.45. The van der Waals surface area contributed by atoms with Gasteiger partial charge >= 0.3 is 0 Å². The highest BCUT2D eigenvalue weighted by molar-refractivity contribution is 7.98. The van der Waals surface area contributed by atoms with Crippen LogP contribution < -0.4 is 5.56 Å². The summed E-state index contributed by atoms with van der Waals surface area (Å²) in [5.74, 6) is 0.638. The van der Waals surface area contributed by atoms with Crippen molar-refractivity contribution >= 4 is 34.0 Å². The van der Waals surface area contributed by atoms with Crippen LogP contribution in [0.2, 0.25) is 0 Å². The van der Waals surface area contributed by atoms with Gasteiger partial charge < -0.3 is 0 Å². The Bertz CT molecular complexity index is 1470. The second-order valence-electron chi connectivity index (χ2n) is 7.57. The van der Waals surface area contributed by atoms with Crippen molar-refractivity contribution in [1.29, 1.82) is 0 Å². The van der Waals surface area contributed by atoms with Crippen LogP contribution in [0.1, 0.15) is 16.8 Å². The number of aryl methyl sites for hydroxylation is 1. The molecule has 0 radical (unpaired) electrons. The number of thioether (sulfide) groups is 1. The van der Waals surface area contributed by atoms with Gasteiger partial charge in [0, 0.05) is 16.7 Å². The van der Waals surface area contributed by atoms with Gasteiger partial charge in [-0.05, 0) is 43.2 Å². The summed E-state index contributed by atoms with van der Waals surface area (Å²) in [5.41, 5.74) is 5.86. The number of hydrogen-bond acceptors (Lipinski definition) is 5. The van der Waals surface area contributed by atoms with E-state index in [2.05, 4.69) is 30.5 Å². The molecule has 0 aliphatic rings. The van der Waals surface area contributed by atoms with Gasteiger partial charge in [-0.1, -0.05) is 66.4 Å². The van der Waals surface area contributed by atoms with Crippen LogP contribution in [0.25, 0.3) is 27.2 Å². The zero-order valence-corrected chi connectivity index (χ0v) is 19.4. The van der Waals surface area contributed by atoms with Gasteiger partial charge in [0.1, 0.15) is 5.01 Å². The Labute approximate surface area is 194 Å². The highest BCUT2D eigenvalue weighted by Gasteiger charge is 2.16. The molecule has 0 N–H and O–H groups in total. The summed E-state index contributed by atoms with van der Waals surface area (Å²) in [4.78, 5) is 23.2. The molecule has 0 aliphatic heterocycles. The molecule has 2 aromatic heterocycles. The molecular weight excluding hydrogens is 434 g/mol. The Kier molecular flexibility index (Phi) is 5.64. The Balaban J connectivity index is 1.56. The van der Waals surface area contributed by atoms with Crippen molar-refractivity contribution in [3.8, 4) is 16.3 Å². The first-order chi connectivity index (χ1) is 15.6. The van der Waals surface area contributed by atoms with Crippen molar-refractivity contribution in [3.63, 3.8) is 0 Å². The van der Waals surface area contributed by atoms with E-state index in [0.29, 0.717) is 21.8 Å². The topological polar surface area (TPSA) is 47.8 Å². The SMILES string of the molecule is Cc1cccc(-n2c(SCc3csc(-c4ccccc4)n3)nc3ccccc3c2=O)c1C. The molecule has 0 unspecified atom stereocenters. The number of hydrogen-bond donors (Lipinski definition) is 0. The van der Waals surface area contributed by atoms with Crippen molar-refractivity contribution in [2.24, 2.45) is 0 Å². The summed E-state index contributed by atoms with van der Waals surface area (Å²) in [6.45, 7) is 4.11. The van der Waals surface area contributed by atoms with Crippen molar-refractivity contribution < 1.29 is 0 Å². The number of para-hydroxylation sites is 1. The minimum absolute atomic E-state index is 0.0462. The van der Waals surface area contributed by atoms with Crippen LogP contribution in [-0.2, 0) is 5.75 Å². The first-order valence-electron chi connectivity index (χ1n) is 10.3. The van der Waals surface area contributed by atoms with E-state index >= 15 is 0 Å². The molecule has 0 saturated carbocycles. The van der Waals surface area contributed by atoms with Gasteiger partial charge in [-0.15, -0.1) is 11.3 Å². The molecule has 0 amide bonds. The number of fused-ring (bicyclic) bond motifs is 1. The van der Waals surface area contributed by atoms with E-state index in [0.717, 1.165) is 33.1 Å². The van der Waals surface area contributed by atoms with E-state index < -0.39 is 0 Å². The monoisotopic (exact) mass is 455 g/mol. The summed E-state index contributed by atoms with van der Waals surface area (Å²) < 4.78 is 1.75. The van der Waals surface area contributed by atoms with Crippen LogP contribution in [0, 0.1) is 13.8 Å². The second-order valence-corrected chi connectivity index (χ2v) is 9.37. The fourth-order valence-electron chi connectivity index (χ4n) is 3.62. The summed E-state index contributed by atoms with van der Waals surface area (Å²) in [6.07, 6.45) is 0. The predicted molar refractivity (Wildman–Crippen MR) is 134 cm³/mol. The number of benzene rings is 3. The summed E-state index contributed by atoms with van der Waals surface area (Å²) in [7, 11) is 0. The molecule has 0 atom stereocenters. The zero-order valence-electron chi connectivity index (χ0n) is 17.8. The van der Waals surface area contributed by atoms with E-state index in [1.165, 1.54) is 0 Å². The Hall–Kier alpha value is -3.22. The maximum Gasteiger partial charge on any atom is 0.266 e. The van der Waals surface area contributed by atoms with Crippen LogP contribution in [0.5, 0.6) is 0 Å². The maximum atomic E-state index is 13.5. The quantitative estimate of drug-likeness (QED) is 0.227. The molecule has 158 valence electrons. The van der Waals surface area contributed by atoms with E-state index in [4.69, 9.17) is 9.97 Å². The summed E-state index contributed by atoms with van der Waals surface area (Å²) >= 11 is 3.18. The van der Waals surface area contributed by atoms with Gasteiger partial charge in [-0.25, -0.2) is 9.97 Å². The molecule has 0 aliphatic carbocycles. The largest absolute Gasteiger partial charge is 0.268 e. The van der Waals surface area contributed by atoms with E-state index in [1.807, 2.05) is 61.5 Å². The lowest BCUT2D eigenvalue weighted by atomic mass is 10.1. The number of thiazole rings is 1. The van der Waals surface area contributed by atoms with Gasteiger partial charge in [0.2, 0.25) is 0 Å². The Morgan fingerprint density at radius 2 is 1.69 bits per heavy atom. The molecule has 32 heavy (non-hydrogen) atoms. The average Bonchev–Trinajstić information content (AvgIpc) is 3.30. The normalized spacial score (nSPS) is 11.2. The molecule has 0 bridgehead atoms. The third-order valence-corrected chi connectivity index (χ3v) is 7.40. The number of aromatic nitrogens is 3. The van der Waals surface area contributed by atoms with Crippen molar-refractivity contribution in [2.75, 3.05) is 0 Å². The minimum atomic E-state index is -0.0462. The van der Waals surface area contributed by atoms with Crippen LogP contribution >= 0.6 is 23.1 Å². The Morgan fingerprint density at radius 1 is 0.906 bits per heavy atom. The molecule has 5 aromatic rings. The maximum absolute atomic E-state index is 13.5. The fraction of sp³-hybridized carbons (Fsp3) is 0.115. The lowest BCUT2D eigenvalue weighted by molar-refractivity contribution is 0.812. The molecule has 3 aromatic carbocycles. The van der Waals surface area contributed by atoms with Gasteiger partial charge in [-0.3, -0.25) is 9.36 Å². The summed E-state index contributed by atoms with van der Waals surface area (Å²) in [6, 6.07) is 23.7. The van der Waals surface area contributed by atoms with Crippen molar-refractivity contribution in [3.05, 3.63) is 105 Å². The molecule has 4 nitrogen and oxygen atoms in total. The van der Waals surface area contributed by atoms with Gasteiger partial charge in [0.25, 0.3) is 5.56 Å². The molecule has 2 heterocycles. The smallest absolute Gasteiger partial charge is 0.266 e. The average molecular weight is 456 g/mol. The van der Waals surface area contributed by atoms with E-state index in [9.17, 15) is 4.79 Å². The molecule has 5 rings (SSSR count). The second kappa shape index (κ2) is 8.73. The molecule has 0 fully saturated rings. The van der Waals surface area contributed by atoms with Crippen LogP contribution in [-0.4, -0.2) is 14.5 Å². The zero-order chi connectivity index (χ0) is 22.1. The van der Waals surface area contributed by atoms with Gasteiger partial charge in [-0.2, -0.15) is 0 Å². The first kappa shape index (κ1) is 20.7. The standard InChI is InChI=1S/C26H21N3OS2/c1-17-9-8-14-23(18(17)2)29-25(30)21-12-6-7-13-22(21)28-26(29)32-16-20-15-31-24(27-20)19-10-4-3-5-11-19/h3-15H,16H2,1-2H3. The lowest BCUT2D eigenvalue weighted by Gasteiger charge is -2.16. The molecule has 0 spiro atoms. The molecular formula is C26H21N3OS2. The molecule has 6 heteroatoms. The lowest BCUT2D eigenvalue weighted by Crippen LogP contribution is -2.22. The van der Waals surface area contributed by atoms with E-state index in [-0.39, 0.29) is 5.56 Å². The van der Waals surface area contributed by atoms with Crippen LogP contribution in [0.3, 0.4) is 0 Å². The van der Waals surface area contributed by atoms with Crippen LogP contribution in [0.15, 0.2) is 88.1 Å². The van der Waals surface area contributed by atoms with Gasteiger partial charge in [0.15, 0.2) is 5.16 Å². The minimum Gasteiger partial charge on any atom is -0.268 e. The predicted octanol–water partition coefficient (Wildman–Crippen LogP) is 6.42. The van der Waals surface area contributed by atoms with Gasteiger partial charge in [0.05, 0.1) is 22.3 Å². The number of rotatable bonds is 5. The highest BCUT2D eigenvalue weighted by atomic mass is 32.2. The third-order valence-electron chi connectivity index (χ3n) is 5.48. The summed E-state index contributed by atoms with van der Waals surface area (Å²) in [5, 5.41) is 4.38. The Morgan fingerprint density at radius 3 is 2.53 bits per heavy atom. The highest BCUT2D eigenvalue weighted by Crippen LogP contribution is 2.29. The van der Waals surface area contributed by atoms with Crippen molar-refractivity contribution in [1.82, 2.24) is 14.5 Å². The number of nitrogens with zero attached hydrogens (tertiary/aromatic N) is 3. The van der Waals surface area contributed by atoms with E-state index in [1.54, 1.807) is 27.7 Å². The van der Waals surface area contributed by atoms with Crippen LogP contribution in [0.4, 0.5) is 0 Å². The van der Waals surface area contributed by atoms with Crippen molar-refractivity contribution in [2.45, 2.75) is 24.8 Å².